The van der Waals surface area contributed by atoms with Crippen LogP contribution in [0.1, 0.15) is 10.4 Å². The van der Waals surface area contributed by atoms with E-state index in [0.717, 1.165) is 17.0 Å². The number of hydrogen-bond donors (Lipinski definition) is 2. The fourth-order valence-corrected chi connectivity index (χ4v) is 3.86. The Kier molecular flexibility index (Phi) is 4.39. The van der Waals surface area contributed by atoms with E-state index in [1.54, 1.807) is 17.0 Å². The quantitative estimate of drug-likeness (QED) is 0.492. The summed E-state index contributed by atoms with van der Waals surface area (Å²) in [7, 11) is 0. The number of aromatic hydroxyl groups is 1. The van der Waals surface area contributed by atoms with Gasteiger partial charge in [-0.3, -0.25) is 4.79 Å². The van der Waals surface area contributed by atoms with E-state index in [0.29, 0.717) is 11.0 Å². The zero-order valence-corrected chi connectivity index (χ0v) is 15.4. The molecule has 0 fully saturated rings. The molecule has 11 heteroatoms. The van der Waals surface area contributed by atoms with Gasteiger partial charge in [-0.05, 0) is 17.7 Å². The van der Waals surface area contributed by atoms with Gasteiger partial charge in [-0.25, -0.2) is 14.5 Å². The highest BCUT2D eigenvalue weighted by atomic mass is 35.5. The van der Waals surface area contributed by atoms with Crippen molar-refractivity contribution in [2.24, 2.45) is 0 Å². The van der Waals surface area contributed by atoms with Crippen LogP contribution in [0, 0.1) is 0 Å². The lowest BCUT2D eigenvalue weighted by Gasteiger charge is -2.08. The Hall–Kier alpha value is -2.85. The van der Waals surface area contributed by atoms with Crippen LogP contribution in [0.15, 0.2) is 47.7 Å². The van der Waals surface area contributed by atoms with Gasteiger partial charge in [-0.1, -0.05) is 23.7 Å². The van der Waals surface area contributed by atoms with E-state index < -0.39 is 23.2 Å². The van der Waals surface area contributed by atoms with E-state index in [1.165, 1.54) is 34.1 Å². The number of fused-ring (bicyclic) bond motifs is 1. The first-order chi connectivity index (χ1) is 13.2. The molecule has 2 N–H and O–H groups in total. The van der Waals surface area contributed by atoms with E-state index in [4.69, 9.17) is 11.6 Å². The molecule has 144 valence electrons. The average molecular weight is 428 g/mol. The van der Waals surface area contributed by atoms with Crippen LogP contribution in [0.5, 0.6) is 5.88 Å². The lowest BCUT2D eigenvalue weighted by atomic mass is 10.0. The molecule has 0 aliphatic heterocycles. The number of aromatic nitrogens is 4. The van der Waals surface area contributed by atoms with Crippen LogP contribution in [0.2, 0.25) is 4.47 Å². The summed E-state index contributed by atoms with van der Waals surface area (Å²) in [6.07, 6.45) is 0.155. The van der Waals surface area contributed by atoms with Gasteiger partial charge >= 0.3 is 17.5 Å². The largest absolute Gasteiger partial charge is 0.482 e. The third-order valence-electron chi connectivity index (χ3n) is 4.13. The molecule has 0 radical (unpaired) electrons. The van der Waals surface area contributed by atoms with E-state index in [9.17, 15) is 23.1 Å². The highest BCUT2D eigenvalue weighted by Gasteiger charge is 2.31. The maximum Gasteiger partial charge on any atom is 0.416 e. The predicted molar refractivity (Wildman–Crippen MR) is 96.5 cm³/mol. The lowest BCUT2D eigenvalue weighted by molar-refractivity contribution is -0.663. The second-order valence-electron chi connectivity index (χ2n) is 5.93. The molecule has 3 aromatic heterocycles. The summed E-state index contributed by atoms with van der Waals surface area (Å²) in [6.45, 7) is 0.346. The van der Waals surface area contributed by atoms with Crippen LogP contribution in [-0.4, -0.2) is 19.5 Å². The Morgan fingerprint density at radius 1 is 1.36 bits per heavy atom. The topological polar surface area (TPSA) is 74.3 Å². The van der Waals surface area contributed by atoms with Crippen molar-refractivity contribution in [3.63, 3.8) is 0 Å². The summed E-state index contributed by atoms with van der Waals surface area (Å²) in [5, 5.41) is 10.6. The Balaban J connectivity index is 1.83. The van der Waals surface area contributed by atoms with Crippen LogP contribution >= 0.6 is 22.9 Å². The number of nitrogens with zero attached hydrogens (tertiary/aromatic N) is 3. The molecule has 0 atom stereocenters. The highest BCUT2D eigenvalue weighted by Crippen LogP contribution is 2.33. The molecule has 0 bridgehead atoms. The molecule has 4 rings (SSSR count). The third-order valence-corrected chi connectivity index (χ3v) is 5.23. The standard InChI is InChI=1S/C17H10ClF3N4O2S/c18-15-22-7-11(28-15)8-24-4-5-25-14(27)12(13(26)23-16(24)25)9-2-1-3-10(6-9)17(19,20)21/h1-7H,8H2,(H,26,27)/p+1. The van der Waals surface area contributed by atoms with Gasteiger partial charge in [-0.15, -0.1) is 11.3 Å². The molecule has 28 heavy (non-hydrogen) atoms. The van der Waals surface area contributed by atoms with E-state index in [2.05, 4.69) is 9.97 Å². The predicted octanol–water partition coefficient (Wildman–Crippen LogP) is 3.46. The maximum atomic E-state index is 13.0. The monoisotopic (exact) mass is 427 g/mol. The molecule has 0 saturated carbocycles. The minimum absolute atomic E-state index is 0.0371. The van der Waals surface area contributed by atoms with Gasteiger partial charge in [0.1, 0.15) is 18.3 Å². The summed E-state index contributed by atoms with van der Waals surface area (Å²) < 4.78 is 42.3. The Morgan fingerprint density at radius 2 is 2.14 bits per heavy atom. The third kappa shape index (κ3) is 3.25. The maximum absolute atomic E-state index is 13.0. The van der Waals surface area contributed by atoms with Crippen molar-refractivity contribution in [3.05, 3.63) is 68.1 Å². The summed E-state index contributed by atoms with van der Waals surface area (Å²) in [6, 6.07) is 4.25. The van der Waals surface area contributed by atoms with Crippen LogP contribution in [0.25, 0.3) is 16.9 Å². The first kappa shape index (κ1) is 18.5. The molecular formula is C17H11ClF3N4O2S+. The van der Waals surface area contributed by atoms with Gasteiger partial charge in [0.15, 0.2) is 4.47 Å². The Morgan fingerprint density at radius 3 is 2.82 bits per heavy atom. The number of imidazole rings is 1. The van der Waals surface area contributed by atoms with Crippen LogP contribution in [0.3, 0.4) is 0 Å². The number of hydrogen-bond acceptors (Lipinski definition) is 4. The zero-order valence-electron chi connectivity index (χ0n) is 13.9. The molecule has 0 spiro atoms. The molecule has 0 amide bonds. The van der Waals surface area contributed by atoms with Gasteiger partial charge in [0.25, 0.3) is 5.88 Å². The van der Waals surface area contributed by atoms with Crippen molar-refractivity contribution in [1.29, 1.82) is 0 Å². The fourth-order valence-electron chi connectivity index (χ4n) is 2.88. The molecule has 0 unspecified atom stereocenters. The molecule has 0 aliphatic carbocycles. The Bertz CT molecular complexity index is 1250. The summed E-state index contributed by atoms with van der Waals surface area (Å²) in [4.78, 5) is 19.9. The van der Waals surface area contributed by atoms with Gasteiger partial charge in [0.2, 0.25) is 0 Å². The van der Waals surface area contributed by atoms with Gasteiger partial charge < -0.3 is 5.11 Å². The fraction of sp³-hybridized carbons (Fsp3) is 0.118. The summed E-state index contributed by atoms with van der Waals surface area (Å²) >= 11 is 7.09. The molecular weight excluding hydrogens is 417 g/mol. The zero-order chi connectivity index (χ0) is 20.1. The number of aromatic amines is 1. The van der Waals surface area contributed by atoms with Crippen LogP contribution < -0.4 is 10.1 Å². The first-order valence-electron chi connectivity index (χ1n) is 7.87. The molecule has 0 aliphatic rings. The van der Waals surface area contributed by atoms with Gasteiger partial charge in [0.05, 0.1) is 16.6 Å². The van der Waals surface area contributed by atoms with Crippen molar-refractivity contribution in [1.82, 2.24) is 14.4 Å². The summed E-state index contributed by atoms with van der Waals surface area (Å²) in [5.74, 6) is -0.193. The SMILES string of the molecule is O=c1[nH]c2n(cc[n+]2Cc2cnc(Cl)s2)c(O)c1-c1cccc(C(F)(F)F)c1. The lowest BCUT2D eigenvalue weighted by Crippen LogP contribution is -2.34. The molecule has 3 heterocycles. The van der Waals surface area contributed by atoms with E-state index in [1.807, 2.05) is 0 Å². The summed E-state index contributed by atoms with van der Waals surface area (Å²) in [5.41, 5.74) is -1.90. The van der Waals surface area contributed by atoms with Crippen molar-refractivity contribution in [3.8, 4) is 17.0 Å². The van der Waals surface area contributed by atoms with Crippen molar-refractivity contribution in [2.45, 2.75) is 12.7 Å². The van der Waals surface area contributed by atoms with E-state index >= 15 is 0 Å². The minimum Gasteiger partial charge on any atom is -0.482 e. The number of benzene rings is 1. The number of rotatable bonds is 3. The van der Waals surface area contributed by atoms with Crippen molar-refractivity contribution in [2.75, 3.05) is 0 Å². The normalized spacial score (nSPS) is 12.0. The minimum atomic E-state index is -4.56. The number of alkyl halides is 3. The van der Waals surface area contributed by atoms with Crippen LogP contribution in [-0.2, 0) is 12.7 Å². The highest BCUT2D eigenvalue weighted by molar-refractivity contribution is 7.15. The Labute approximate surface area is 164 Å². The van der Waals surface area contributed by atoms with Crippen LogP contribution in [0.4, 0.5) is 13.2 Å². The average Bonchev–Trinajstić information content (AvgIpc) is 3.21. The second-order valence-corrected chi connectivity index (χ2v) is 7.63. The number of nitrogens with one attached hydrogen (secondary N) is 1. The van der Waals surface area contributed by atoms with E-state index in [-0.39, 0.29) is 16.9 Å². The van der Waals surface area contributed by atoms with Gasteiger partial charge in [0, 0.05) is 6.20 Å². The molecule has 4 aromatic rings. The molecule has 6 nitrogen and oxygen atoms in total. The molecule has 1 aromatic carbocycles. The smallest absolute Gasteiger partial charge is 0.416 e. The number of halogens is 4. The van der Waals surface area contributed by atoms with Crippen molar-refractivity contribution >= 4 is 28.7 Å². The van der Waals surface area contributed by atoms with Crippen molar-refractivity contribution < 1.29 is 22.8 Å². The first-order valence-corrected chi connectivity index (χ1v) is 9.07. The number of H-pyrrole nitrogens is 1. The van der Waals surface area contributed by atoms with Gasteiger partial charge in [-0.2, -0.15) is 17.6 Å². The number of thiazole rings is 1. The molecule has 0 saturated heterocycles. The second kappa shape index (κ2) is 6.64.